The fraction of sp³-hybridized carbons (Fsp3) is 0.500. The molecule has 2 N–H and O–H groups in total. The van der Waals surface area contributed by atoms with E-state index in [1.165, 1.54) is 0 Å². The summed E-state index contributed by atoms with van der Waals surface area (Å²) in [6.07, 6.45) is -4.74. The maximum absolute atomic E-state index is 11.2. The number of hydrogen-bond donors (Lipinski definition) is 1. The summed E-state index contributed by atoms with van der Waals surface area (Å²) in [5.41, 5.74) is 0. The second kappa shape index (κ2) is 3.82. The van der Waals surface area contributed by atoms with Crippen molar-refractivity contribution in [1.29, 1.82) is 0 Å². The van der Waals surface area contributed by atoms with Crippen LogP contribution in [0.3, 0.4) is 0 Å². The molecular formula is C2H2F4NOXe+. The second-order valence-electron chi connectivity index (χ2n) is 0.989. The molecule has 0 spiro atoms. The van der Waals surface area contributed by atoms with Crippen LogP contribution in [0.5, 0.6) is 0 Å². The molecule has 0 amide bonds. The van der Waals surface area contributed by atoms with Gasteiger partial charge in [0.1, 0.15) is 0 Å². The number of rotatable bonds is 1. The fourth-order valence-electron chi connectivity index (χ4n) is 0.0703. The van der Waals surface area contributed by atoms with E-state index in [9.17, 15) is 13.3 Å². The van der Waals surface area contributed by atoms with Gasteiger partial charge in [-0.25, -0.2) is 0 Å². The summed E-state index contributed by atoms with van der Waals surface area (Å²) in [7, 11) is 0. The van der Waals surface area contributed by atoms with E-state index in [1.54, 1.807) is 0 Å². The minimum atomic E-state index is -4.74. The average molecular weight is 263 g/mol. The Hall–Kier alpha value is 0.761. The van der Waals surface area contributed by atoms with Gasteiger partial charge in [-0.05, 0) is 0 Å². The van der Waals surface area contributed by atoms with Gasteiger partial charge in [-0.2, -0.15) is 0 Å². The van der Waals surface area contributed by atoms with Gasteiger partial charge in [0.2, 0.25) is 0 Å². The molecule has 0 aromatic rings. The van der Waals surface area contributed by atoms with Gasteiger partial charge in [-0.1, -0.05) is 0 Å². The molecule has 0 aliphatic rings. The van der Waals surface area contributed by atoms with Crippen LogP contribution in [0.15, 0.2) is 0 Å². The van der Waals surface area contributed by atoms with Gasteiger partial charge < -0.3 is 0 Å². The summed E-state index contributed by atoms with van der Waals surface area (Å²) in [5, 5.41) is 4.21. The van der Waals surface area contributed by atoms with E-state index in [1.807, 2.05) is 0 Å². The normalized spacial score (nSPS) is 11.6. The third-order valence-corrected chi connectivity index (χ3v) is 0.984. The molecule has 56 valence electrons. The standard InChI is InChI=1S/C2HF4NOXe/c3-2(4,5)1(7)8-9-6/h7H/p+1. The molecule has 0 radical (unpaired) electrons. The van der Waals surface area contributed by atoms with E-state index in [4.69, 9.17) is 0 Å². The zero-order valence-corrected chi connectivity index (χ0v) is 5.87. The third kappa shape index (κ3) is 4.20. The van der Waals surface area contributed by atoms with E-state index in [0.29, 0.717) is 0 Å². The molecular weight excluding hydrogens is 261 g/mol. The molecule has 0 aromatic heterocycles. The molecule has 0 bridgehead atoms. The zero-order chi connectivity index (χ0) is 7.49. The van der Waals surface area contributed by atoms with Crippen molar-refractivity contribution in [1.82, 2.24) is 0 Å². The molecule has 0 aliphatic heterocycles. The number of halogens is 4. The van der Waals surface area contributed by atoms with Crippen molar-refractivity contribution in [2.75, 3.05) is 0 Å². The summed E-state index contributed by atoms with van der Waals surface area (Å²) < 4.78 is 48.0. The Morgan fingerprint density at radius 3 is 2.00 bits per heavy atom. The Balaban J connectivity index is 3.74. The summed E-state index contributed by atoms with van der Waals surface area (Å²) in [5.74, 6) is -1.72. The number of hydrogen-bond acceptors (Lipinski definition) is 1. The summed E-state index contributed by atoms with van der Waals surface area (Å²) in [6.45, 7) is 0. The first-order valence-electron chi connectivity index (χ1n) is 1.59. The van der Waals surface area contributed by atoms with E-state index in [-0.39, 0.29) is 0 Å². The molecule has 0 saturated heterocycles. The summed E-state index contributed by atoms with van der Waals surface area (Å²) in [4.78, 5) is 0. The summed E-state index contributed by atoms with van der Waals surface area (Å²) in [6, 6.07) is 0. The minimum absolute atomic E-state index is 1.72. The Kier molecular flexibility index (Phi) is 4.14. The van der Waals surface area contributed by atoms with Crippen molar-refractivity contribution in [3.05, 3.63) is 0 Å². The van der Waals surface area contributed by atoms with Crippen molar-refractivity contribution in [2.45, 2.75) is 6.18 Å². The molecule has 0 unspecified atom stereocenters. The first-order chi connectivity index (χ1) is 3.98. The van der Waals surface area contributed by atoms with Crippen LogP contribution in [0.4, 0.5) is 13.3 Å². The SMILES string of the molecule is [NH2+]=C(O[Xe]F)C(F)(F)F. The van der Waals surface area contributed by atoms with Gasteiger partial charge in [-0.3, -0.25) is 0 Å². The first kappa shape index (κ1) is 9.76. The van der Waals surface area contributed by atoms with E-state index >= 15 is 0 Å². The zero-order valence-electron chi connectivity index (χ0n) is 3.85. The molecule has 0 fully saturated rings. The Bertz CT molecular complexity index is 112. The van der Waals surface area contributed by atoms with Gasteiger partial charge in [0.15, 0.2) is 0 Å². The predicted molar refractivity (Wildman–Crippen MR) is 15.2 cm³/mol. The second-order valence-corrected chi connectivity index (χ2v) is 1.71. The topological polar surface area (TPSA) is 34.8 Å². The molecule has 0 rings (SSSR count). The summed E-state index contributed by atoms with van der Waals surface area (Å²) >= 11 is -2.23. The van der Waals surface area contributed by atoms with Crippen LogP contribution in [0, 0.1) is 45.8 Å². The van der Waals surface area contributed by atoms with Crippen molar-refractivity contribution in [3.8, 4) is 0 Å². The van der Waals surface area contributed by atoms with Gasteiger partial charge >= 0.3 is 76.6 Å². The fourth-order valence-corrected chi connectivity index (χ4v) is 0.472. The Morgan fingerprint density at radius 1 is 1.44 bits per heavy atom. The molecule has 0 atom stereocenters. The van der Waals surface area contributed by atoms with Crippen LogP contribution in [-0.2, 0) is 0.0568 Å². The quantitative estimate of drug-likeness (QED) is 0.390. The first-order valence-corrected chi connectivity index (χ1v) is 3.17. The molecule has 0 heterocycles. The van der Waals surface area contributed by atoms with Crippen molar-refractivity contribution >= 4 is 5.90 Å². The van der Waals surface area contributed by atoms with Gasteiger partial charge in [0.05, 0.1) is 0 Å². The average Bonchev–Trinajstić information content (AvgIpc) is 1.64. The molecule has 2 nitrogen and oxygen atoms in total. The number of alkyl halides is 3. The van der Waals surface area contributed by atoms with Crippen molar-refractivity contribution in [3.63, 3.8) is 0 Å². The molecule has 0 aromatic carbocycles. The molecule has 0 saturated carbocycles. The Morgan fingerprint density at radius 2 is 1.89 bits per heavy atom. The molecule has 7 heteroatoms. The van der Waals surface area contributed by atoms with Crippen LogP contribution >= 0.6 is 0 Å². The van der Waals surface area contributed by atoms with Crippen molar-refractivity contribution < 1.29 is 64.5 Å². The van der Waals surface area contributed by atoms with Gasteiger partial charge in [-0.15, -0.1) is 0 Å². The van der Waals surface area contributed by atoms with Crippen LogP contribution in [0.1, 0.15) is 0 Å². The monoisotopic (exact) mass is 264 g/mol. The van der Waals surface area contributed by atoms with E-state index in [0.717, 1.165) is 0 Å². The van der Waals surface area contributed by atoms with Crippen LogP contribution in [0.25, 0.3) is 0 Å². The number of nitrogens with two attached hydrogens (primary N) is 1. The van der Waals surface area contributed by atoms with Gasteiger partial charge in [0.25, 0.3) is 0 Å². The third-order valence-electron chi connectivity index (χ3n) is 0.384. The Labute approximate surface area is 75.6 Å². The maximum atomic E-state index is 11.2. The van der Waals surface area contributed by atoms with Crippen LogP contribution < -0.4 is 5.41 Å². The predicted octanol–water partition coefficient (Wildman–Crippen LogP) is -0.393. The van der Waals surface area contributed by atoms with Crippen LogP contribution in [-0.4, -0.2) is 12.1 Å². The molecule has 0 aliphatic carbocycles. The van der Waals surface area contributed by atoms with Gasteiger partial charge in [0, 0.05) is 0 Å². The molecule has 9 heavy (non-hydrogen) atoms. The van der Waals surface area contributed by atoms with E-state index < -0.39 is 57.8 Å². The van der Waals surface area contributed by atoms with Crippen LogP contribution in [0.2, 0.25) is 0 Å². The van der Waals surface area contributed by atoms with E-state index in [2.05, 4.69) is 5.47 Å². The van der Waals surface area contributed by atoms with Crippen molar-refractivity contribution in [2.24, 2.45) is 0 Å².